The first-order valence-electron chi connectivity index (χ1n) is 8.86. The normalized spacial score (nSPS) is 10.9. The van der Waals surface area contributed by atoms with Crippen LogP contribution in [0.2, 0.25) is 0 Å². The average molecular weight is 373 g/mol. The van der Waals surface area contributed by atoms with E-state index in [1.807, 2.05) is 49.4 Å². The van der Waals surface area contributed by atoms with Crippen LogP contribution in [0.3, 0.4) is 0 Å². The molecule has 0 aliphatic carbocycles. The second kappa shape index (κ2) is 7.68. The zero-order valence-corrected chi connectivity index (χ0v) is 15.8. The van der Waals surface area contributed by atoms with E-state index in [1.54, 1.807) is 6.20 Å². The van der Waals surface area contributed by atoms with Crippen molar-refractivity contribution in [2.24, 2.45) is 0 Å². The molecule has 0 atom stereocenters. The Morgan fingerprint density at radius 2 is 1.85 bits per heavy atom. The summed E-state index contributed by atoms with van der Waals surface area (Å²) in [5.41, 5.74) is 3.93. The average Bonchev–Trinajstić information content (AvgIpc) is 3.10. The van der Waals surface area contributed by atoms with Crippen molar-refractivity contribution in [1.82, 2.24) is 15.3 Å². The molecule has 2 heterocycles. The van der Waals surface area contributed by atoms with Crippen LogP contribution in [-0.2, 0) is 6.42 Å². The monoisotopic (exact) mass is 373 g/mol. The molecule has 27 heavy (non-hydrogen) atoms. The molecule has 5 heteroatoms. The summed E-state index contributed by atoms with van der Waals surface area (Å²) in [5.74, 6) is -0.0691. The summed E-state index contributed by atoms with van der Waals surface area (Å²) in [6.45, 7) is 2.44. The molecule has 2 aromatic carbocycles. The number of pyridine rings is 1. The minimum absolute atomic E-state index is 0.0691. The zero-order valence-electron chi connectivity index (χ0n) is 15.0. The maximum Gasteiger partial charge on any atom is 0.263 e. The number of aromatic nitrogens is 2. The van der Waals surface area contributed by atoms with Crippen molar-refractivity contribution >= 4 is 28.1 Å². The summed E-state index contributed by atoms with van der Waals surface area (Å²) < 4.78 is 0. The number of carbonyl (C=O) groups excluding carboxylic acids is 1. The van der Waals surface area contributed by atoms with Gasteiger partial charge >= 0.3 is 0 Å². The first-order valence-corrected chi connectivity index (χ1v) is 9.68. The molecule has 1 amide bonds. The summed E-state index contributed by atoms with van der Waals surface area (Å²) >= 11 is 1.43. The molecule has 2 aromatic heterocycles. The van der Waals surface area contributed by atoms with Crippen molar-refractivity contribution < 1.29 is 4.79 Å². The lowest BCUT2D eigenvalue weighted by atomic mass is 10.1. The van der Waals surface area contributed by atoms with Crippen LogP contribution in [0.4, 0.5) is 0 Å². The number of aryl methyl sites for hydroxylation is 1. The number of thiazole rings is 1. The van der Waals surface area contributed by atoms with Gasteiger partial charge < -0.3 is 5.32 Å². The molecule has 0 bridgehead atoms. The van der Waals surface area contributed by atoms with Crippen LogP contribution in [0.15, 0.2) is 66.9 Å². The van der Waals surface area contributed by atoms with Crippen molar-refractivity contribution in [2.45, 2.75) is 13.3 Å². The third-order valence-electron chi connectivity index (χ3n) is 4.42. The van der Waals surface area contributed by atoms with Crippen molar-refractivity contribution in [2.75, 3.05) is 6.54 Å². The van der Waals surface area contributed by atoms with E-state index in [9.17, 15) is 4.79 Å². The Bertz CT molecular complexity index is 1080. The van der Waals surface area contributed by atoms with E-state index in [4.69, 9.17) is 0 Å². The predicted octanol–water partition coefficient (Wildman–Crippen LogP) is 4.64. The van der Waals surface area contributed by atoms with E-state index >= 15 is 0 Å². The van der Waals surface area contributed by atoms with Crippen molar-refractivity contribution in [3.8, 4) is 10.6 Å². The molecule has 0 saturated heterocycles. The van der Waals surface area contributed by atoms with Gasteiger partial charge in [0.05, 0.1) is 11.2 Å². The summed E-state index contributed by atoms with van der Waals surface area (Å²) in [5, 5.41) is 5.01. The minimum atomic E-state index is -0.0691. The molecular formula is C22H19N3OS. The molecule has 1 N–H and O–H groups in total. The molecule has 0 fully saturated rings. The smallest absolute Gasteiger partial charge is 0.263 e. The first-order chi connectivity index (χ1) is 13.2. The molecule has 0 unspecified atom stereocenters. The summed E-state index contributed by atoms with van der Waals surface area (Å²) in [6, 6.07) is 20.1. The van der Waals surface area contributed by atoms with Crippen molar-refractivity contribution in [3.63, 3.8) is 0 Å². The van der Waals surface area contributed by atoms with Crippen LogP contribution in [0.25, 0.3) is 21.5 Å². The van der Waals surface area contributed by atoms with E-state index in [-0.39, 0.29) is 5.91 Å². The quantitative estimate of drug-likeness (QED) is 0.554. The number of para-hydroxylation sites is 1. The number of benzene rings is 2. The Morgan fingerprint density at radius 1 is 1.04 bits per heavy atom. The van der Waals surface area contributed by atoms with Gasteiger partial charge in [-0.15, -0.1) is 11.3 Å². The fourth-order valence-corrected chi connectivity index (χ4v) is 4.06. The van der Waals surface area contributed by atoms with Gasteiger partial charge in [-0.2, -0.15) is 0 Å². The second-order valence-electron chi connectivity index (χ2n) is 6.30. The fourth-order valence-electron chi connectivity index (χ4n) is 3.07. The number of hydrogen-bond donors (Lipinski definition) is 1. The number of nitrogens with one attached hydrogen (secondary N) is 1. The lowest BCUT2D eigenvalue weighted by Gasteiger charge is -2.07. The number of hydrogen-bond acceptors (Lipinski definition) is 4. The number of carbonyl (C=O) groups is 1. The predicted molar refractivity (Wildman–Crippen MR) is 110 cm³/mol. The minimum Gasteiger partial charge on any atom is -0.351 e. The fraction of sp³-hybridized carbons (Fsp3) is 0.136. The Labute approximate surface area is 161 Å². The number of amides is 1. The molecule has 0 saturated carbocycles. The van der Waals surface area contributed by atoms with Gasteiger partial charge in [0.2, 0.25) is 0 Å². The van der Waals surface area contributed by atoms with Crippen LogP contribution in [0.1, 0.15) is 20.9 Å². The molecule has 0 radical (unpaired) electrons. The molecule has 0 spiro atoms. The van der Waals surface area contributed by atoms with E-state index in [1.165, 1.54) is 11.3 Å². The van der Waals surface area contributed by atoms with E-state index in [2.05, 4.69) is 33.5 Å². The second-order valence-corrected chi connectivity index (χ2v) is 7.30. The number of rotatable bonds is 5. The summed E-state index contributed by atoms with van der Waals surface area (Å²) in [7, 11) is 0. The Balaban J connectivity index is 1.45. The Kier molecular flexibility index (Phi) is 4.94. The van der Waals surface area contributed by atoms with E-state index < -0.39 is 0 Å². The van der Waals surface area contributed by atoms with Gasteiger partial charge in [0.1, 0.15) is 9.88 Å². The van der Waals surface area contributed by atoms with Gasteiger partial charge in [0.25, 0.3) is 5.91 Å². The molecule has 0 aliphatic heterocycles. The van der Waals surface area contributed by atoms with Crippen LogP contribution < -0.4 is 5.32 Å². The van der Waals surface area contributed by atoms with Gasteiger partial charge in [-0.25, -0.2) is 4.98 Å². The van der Waals surface area contributed by atoms with Crippen LogP contribution in [0, 0.1) is 6.92 Å². The van der Waals surface area contributed by atoms with Gasteiger partial charge in [0.15, 0.2) is 0 Å². The van der Waals surface area contributed by atoms with Gasteiger partial charge in [0, 0.05) is 23.7 Å². The lowest BCUT2D eigenvalue weighted by molar-refractivity contribution is 0.0957. The summed E-state index contributed by atoms with van der Waals surface area (Å²) in [6.07, 6.45) is 2.54. The third kappa shape index (κ3) is 3.73. The van der Waals surface area contributed by atoms with E-state index in [0.29, 0.717) is 11.4 Å². The van der Waals surface area contributed by atoms with Crippen molar-refractivity contribution in [3.05, 3.63) is 83.0 Å². The topological polar surface area (TPSA) is 54.9 Å². The molecular weight excluding hydrogens is 354 g/mol. The SMILES string of the molecule is Cc1nc(-c2ccccc2)sc1C(=O)NCCc1cccc2cccnc12. The van der Waals surface area contributed by atoms with Crippen LogP contribution in [-0.4, -0.2) is 22.4 Å². The van der Waals surface area contributed by atoms with Gasteiger partial charge in [-0.3, -0.25) is 9.78 Å². The number of nitrogens with zero attached hydrogens (tertiary/aromatic N) is 2. The molecule has 4 rings (SSSR count). The maximum atomic E-state index is 12.6. The largest absolute Gasteiger partial charge is 0.351 e. The number of fused-ring (bicyclic) bond motifs is 1. The highest BCUT2D eigenvalue weighted by Crippen LogP contribution is 2.27. The Hall–Kier alpha value is -3.05. The highest BCUT2D eigenvalue weighted by molar-refractivity contribution is 7.17. The van der Waals surface area contributed by atoms with Crippen LogP contribution in [0.5, 0.6) is 0 Å². The zero-order chi connectivity index (χ0) is 18.6. The summed E-state index contributed by atoms with van der Waals surface area (Å²) in [4.78, 5) is 22.3. The van der Waals surface area contributed by atoms with Gasteiger partial charge in [-0.1, -0.05) is 54.6 Å². The highest BCUT2D eigenvalue weighted by Gasteiger charge is 2.16. The molecule has 0 aliphatic rings. The standard InChI is InChI=1S/C22H19N3OS/c1-15-20(27-22(25-15)18-7-3-2-4-8-18)21(26)24-14-12-17-10-5-9-16-11-6-13-23-19(16)17/h2-11,13H,12,14H2,1H3,(H,24,26). The maximum absolute atomic E-state index is 12.6. The van der Waals surface area contributed by atoms with E-state index in [0.717, 1.165) is 39.2 Å². The van der Waals surface area contributed by atoms with Crippen LogP contribution >= 0.6 is 11.3 Å². The van der Waals surface area contributed by atoms with Gasteiger partial charge in [-0.05, 0) is 25.0 Å². The van der Waals surface area contributed by atoms with Crippen molar-refractivity contribution in [1.29, 1.82) is 0 Å². The Morgan fingerprint density at radius 3 is 2.70 bits per heavy atom. The molecule has 4 nitrogen and oxygen atoms in total. The third-order valence-corrected chi connectivity index (χ3v) is 5.63. The molecule has 4 aromatic rings. The first kappa shape index (κ1) is 17.4. The molecule has 134 valence electrons. The lowest BCUT2D eigenvalue weighted by Crippen LogP contribution is -2.25. The highest BCUT2D eigenvalue weighted by atomic mass is 32.1.